The number of nitrogens with two attached hydrogens (primary N) is 1. The SMILES string of the molecule is CN(C)CCCC(C)(C)NC(=O)c1ccc(C(N)=O)cc1. The first-order chi connectivity index (χ1) is 9.71. The third kappa shape index (κ3) is 5.95. The van der Waals surface area contributed by atoms with E-state index in [4.69, 9.17) is 5.73 Å². The number of hydrogen-bond acceptors (Lipinski definition) is 3. The second kappa shape index (κ2) is 7.22. The monoisotopic (exact) mass is 291 g/mol. The van der Waals surface area contributed by atoms with Crippen LogP contribution in [0.3, 0.4) is 0 Å². The second-order valence-corrected chi connectivity index (χ2v) is 6.19. The van der Waals surface area contributed by atoms with Crippen LogP contribution >= 0.6 is 0 Å². The van der Waals surface area contributed by atoms with E-state index in [0.717, 1.165) is 19.4 Å². The van der Waals surface area contributed by atoms with Crippen LogP contribution in [-0.4, -0.2) is 42.9 Å². The Morgan fingerprint density at radius 3 is 2.14 bits per heavy atom. The van der Waals surface area contributed by atoms with Gasteiger partial charge in [0.1, 0.15) is 0 Å². The highest BCUT2D eigenvalue weighted by atomic mass is 16.2. The van der Waals surface area contributed by atoms with Crippen molar-refractivity contribution in [3.05, 3.63) is 35.4 Å². The van der Waals surface area contributed by atoms with E-state index in [1.165, 1.54) is 0 Å². The second-order valence-electron chi connectivity index (χ2n) is 6.19. The van der Waals surface area contributed by atoms with Crippen molar-refractivity contribution in [1.29, 1.82) is 0 Å². The summed E-state index contributed by atoms with van der Waals surface area (Å²) < 4.78 is 0. The average molecular weight is 291 g/mol. The number of carbonyl (C=O) groups excluding carboxylic acids is 2. The Morgan fingerprint density at radius 1 is 1.14 bits per heavy atom. The van der Waals surface area contributed by atoms with E-state index in [1.54, 1.807) is 24.3 Å². The van der Waals surface area contributed by atoms with Gasteiger partial charge < -0.3 is 16.0 Å². The van der Waals surface area contributed by atoms with Crippen molar-refractivity contribution in [2.24, 2.45) is 5.73 Å². The van der Waals surface area contributed by atoms with Crippen LogP contribution in [0.25, 0.3) is 0 Å². The number of amides is 2. The Morgan fingerprint density at radius 2 is 1.67 bits per heavy atom. The standard InChI is InChI=1S/C16H25N3O2/c1-16(2,10-5-11-19(3)4)18-15(21)13-8-6-12(7-9-13)14(17)20/h6-9H,5,10-11H2,1-4H3,(H2,17,20)(H,18,21). The van der Waals surface area contributed by atoms with Gasteiger partial charge in [0.15, 0.2) is 0 Å². The summed E-state index contributed by atoms with van der Waals surface area (Å²) in [6.45, 7) is 5.02. The van der Waals surface area contributed by atoms with E-state index in [-0.39, 0.29) is 11.4 Å². The number of primary amides is 1. The molecule has 0 bridgehead atoms. The zero-order valence-electron chi connectivity index (χ0n) is 13.3. The molecule has 21 heavy (non-hydrogen) atoms. The molecule has 0 saturated heterocycles. The molecular weight excluding hydrogens is 266 g/mol. The Hall–Kier alpha value is -1.88. The van der Waals surface area contributed by atoms with Gasteiger partial charge in [0.2, 0.25) is 5.91 Å². The quantitative estimate of drug-likeness (QED) is 0.802. The molecule has 1 aromatic rings. The first-order valence-corrected chi connectivity index (χ1v) is 7.08. The number of benzene rings is 1. The fraction of sp³-hybridized carbons (Fsp3) is 0.500. The molecule has 1 rings (SSSR count). The highest BCUT2D eigenvalue weighted by Gasteiger charge is 2.20. The predicted octanol–water partition coefficient (Wildman–Crippen LogP) is 1.64. The van der Waals surface area contributed by atoms with E-state index >= 15 is 0 Å². The maximum absolute atomic E-state index is 12.2. The lowest BCUT2D eigenvalue weighted by atomic mass is 9.97. The van der Waals surface area contributed by atoms with Gasteiger partial charge in [-0.15, -0.1) is 0 Å². The molecule has 0 atom stereocenters. The Balaban J connectivity index is 2.60. The summed E-state index contributed by atoms with van der Waals surface area (Å²) in [5.74, 6) is -0.633. The molecule has 0 aromatic heterocycles. The van der Waals surface area contributed by atoms with Crippen LogP contribution in [0, 0.1) is 0 Å². The van der Waals surface area contributed by atoms with Crippen molar-refractivity contribution >= 4 is 11.8 Å². The molecule has 0 aliphatic heterocycles. The van der Waals surface area contributed by atoms with Crippen molar-refractivity contribution in [3.63, 3.8) is 0 Å². The summed E-state index contributed by atoms with van der Waals surface area (Å²) in [7, 11) is 4.07. The molecule has 0 saturated carbocycles. The first-order valence-electron chi connectivity index (χ1n) is 7.08. The zero-order chi connectivity index (χ0) is 16.0. The number of nitrogens with zero attached hydrogens (tertiary/aromatic N) is 1. The molecule has 116 valence electrons. The van der Waals surface area contributed by atoms with Gasteiger partial charge >= 0.3 is 0 Å². The van der Waals surface area contributed by atoms with E-state index in [0.29, 0.717) is 11.1 Å². The Labute approximate surface area is 126 Å². The van der Waals surface area contributed by atoms with Crippen LogP contribution in [-0.2, 0) is 0 Å². The van der Waals surface area contributed by atoms with Gasteiger partial charge in [-0.25, -0.2) is 0 Å². The smallest absolute Gasteiger partial charge is 0.251 e. The van der Waals surface area contributed by atoms with Crippen LogP contribution in [0.5, 0.6) is 0 Å². The third-order valence-electron chi connectivity index (χ3n) is 3.29. The van der Waals surface area contributed by atoms with Crippen molar-refractivity contribution < 1.29 is 9.59 Å². The highest BCUT2D eigenvalue weighted by Crippen LogP contribution is 2.13. The van der Waals surface area contributed by atoms with Crippen molar-refractivity contribution in [2.45, 2.75) is 32.2 Å². The molecule has 5 nitrogen and oxygen atoms in total. The van der Waals surface area contributed by atoms with Crippen LogP contribution in [0.2, 0.25) is 0 Å². The average Bonchev–Trinajstić information content (AvgIpc) is 2.37. The molecule has 0 radical (unpaired) electrons. The fourth-order valence-corrected chi connectivity index (χ4v) is 2.07. The molecule has 0 unspecified atom stereocenters. The molecule has 0 aliphatic carbocycles. The molecule has 0 spiro atoms. The molecular formula is C16H25N3O2. The Kier molecular flexibility index (Phi) is 5.90. The fourth-order valence-electron chi connectivity index (χ4n) is 2.07. The summed E-state index contributed by atoms with van der Waals surface area (Å²) in [6, 6.07) is 6.36. The molecule has 0 heterocycles. The molecule has 5 heteroatoms. The summed E-state index contributed by atoms with van der Waals surface area (Å²) in [6.07, 6.45) is 1.91. The zero-order valence-corrected chi connectivity index (χ0v) is 13.3. The van der Waals surface area contributed by atoms with Crippen molar-refractivity contribution in [2.75, 3.05) is 20.6 Å². The minimum Gasteiger partial charge on any atom is -0.366 e. The lowest BCUT2D eigenvalue weighted by molar-refractivity contribution is 0.0905. The maximum Gasteiger partial charge on any atom is 0.251 e. The topological polar surface area (TPSA) is 75.4 Å². The first kappa shape index (κ1) is 17.2. The maximum atomic E-state index is 12.2. The summed E-state index contributed by atoms with van der Waals surface area (Å²) in [5, 5.41) is 3.02. The van der Waals surface area contributed by atoms with Crippen molar-refractivity contribution in [3.8, 4) is 0 Å². The third-order valence-corrected chi connectivity index (χ3v) is 3.29. The molecule has 3 N–H and O–H groups in total. The van der Waals surface area contributed by atoms with Crippen LogP contribution in [0.1, 0.15) is 47.4 Å². The summed E-state index contributed by atoms with van der Waals surface area (Å²) in [4.78, 5) is 25.3. The molecule has 1 aromatic carbocycles. The van der Waals surface area contributed by atoms with Gasteiger partial charge in [-0.3, -0.25) is 9.59 Å². The number of rotatable bonds is 7. The molecule has 2 amide bonds. The summed E-state index contributed by atoms with van der Waals surface area (Å²) >= 11 is 0. The van der Waals surface area contributed by atoms with E-state index in [2.05, 4.69) is 10.2 Å². The number of nitrogens with one attached hydrogen (secondary N) is 1. The van der Waals surface area contributed by atoms with E-state index in [9.17, 15) is 9.59 Å². The predicted molar refractivity (Wildman–Crippen MR) is 84.3 cm³/mol. The van der Waals surface area contributed by atoms with Crippen molar-refractivity contribution in [1.82, 2.24) is 10.2 Å². The number of hydrogen-bond donors (Lipinski definition) is 2. The minimum atomic E-state index is -0.494. The van der Waals surface area contributed by atoms with Gasteiger partial charge in [-0.1, -0.05) is 0 Å². The minimum absolute atomic E-state index is 0.138. The molecule has 0 aliphatic rings. The Bertz CT molecular complexity index is 493. The largest absolute Gasteiger partial charge is 0.366 e. The van der Waals surface area contributed by atoms with Gasteiger partial charge in [-0.05, 0) is 71.6 Å². The van der Waals surface area contributed by atoms with E-state index in [1.807, 2.05) is 27.9 Å². The lowest BCUT2D eigenvalue weighted by Gasteiger charge is -2.27. The molecule has 0 fully saturated rings. The van der Waals surface area contributed by atoms with Gasteiger partial charge in [0.25, 0.3) is 5.91 Å². The highest BCUT2D eigenvalue weighted by molar-refractivity contribution is 5.97. The van der Waals surface area contributed by atoms with Crippen LogP contribution < -0.4 is 11.1 Å². The normalized spacial score (nSPS) is 11.5. The van der Waals surface area contributed by atoms with Gasteiger partial charge in [0, 0.05) is 16.7 Å². The van der Waals surface area contributed by atoms with Crippen LogP contribution in [0.4, 0.5) is 0 Å². The van der Waals surface area contributed by atoms with Gasteiger partial charge in [0.05, 0.1) is 0 Å². The van der Waals surface area contributed by atoms with Gasteiger partial charge in [-0.2, -0.15) is 0 Å². The van der Waals surface area contributed by atoms with E-state index < -0.39 is 5.91 Å². The lowest BCUT2D eigenvalue weighted by Crippen LogP contribution is -2.43. The number of carbonyl (C=O) groups is 2. The summed E-state index contributed by atoms with van der Waals surface area (Å²) in [5.41, 5.74) is 5.84. The van der Waals surface area contributed by atoms with Crippen LogP contribution in [0.15, 0.2) is 24.3 Å².